The molecule has 0 aromatic carbocycles. The largest absolute Gasteiger partial charge is 0.390 e. The number of aliphatic hydroxyl groups is 3. The smallest absolute Gasteiger partial charge is 0.181 e. The van der Waals surface area contributed by atoms with Crippen LogP contribution in [0.15, 0.2) is 0 Å². The standard InChI is InChI=1S/C8H16O4/c1-3-5-6(9)4(2)7(10)8(11)12-5/h4-11H,3H2,1-2H3/t4-,5+,6-,7+,8+/m0/s1. The van der Waals surface area contributed by atoms with E-state index in [1.165, 1.54) is 0 Å². The molecule has 1 aliphatic heterocycles. The summed E-state index contributed by atoms with van der Waals surface area (Å²) in [5.41, 5.74) is 0. The minimum Gasteiger partial charge on any atom is -0.390 e. The lowest BCUT2D eigenvalue weighted by molar-refractivity contribution is -0.265. The van der Waals surface area contributed by atoms with Crippen molar-refractivity contribution >= 4 is 0 Å². The van der Waals surface area contributed by atoms with Gasteiger partial charge in [-0.25, -0.2) is 0 Å². The van der Waals surface area contributed by atoms with Crippen molar-refractivity contribution in [2.24, 2.45) is 5.92 Å². The molecule has 5 atom stereocenters. The van der Waals surface area contributed by atoms with Gasteiger partial charge < -0.3 is 20.1 Å². The van der Waals surface area contributed by atoms with Crippen LogP contribution >= 0.6 is 0 Å². The van der Waals surface area contributed by atoms with Crippen LogP contribution in [0.3, 0.4) is 0 Å². The van der Waals surface area contributed by atoms with E-state index in [9.17, 15) is 15.3 Å². The Morgan fingerprint density at radius 3 is 2.25 bits per heavy atom. The molecule has 1 aliphatic rings. The first kappa shape index (κ1) is 9.92. The Hall–Kier alpha value is -0.160. The first-order valence-corrected chi connectivity index (χ1v) is 4.27. The first-order valence-electron chi connectivity index (χ1n) is 4.27. The molecule has 0 aromatic heterocycles. The molecule has 0 bridgehead atoms. The highest BCUT2D eigenvalue weighted by Crippen LogP contribution is 2.25. The number of rotatable bonds is 1. The van der Waals surface area contributed by atoms with Crippen LogP contribution < -0.4 is 0 Å². The van der Waals surface area contributed by atoms with E-state index in [0.717, 1.165) is 0 Å². The maximum atomic E-state index is 9.53. The summed E-state index contributed by atoms with van der Waals surface area (Å²) in [5.74, 6) is -0.335. The second-order valence-corrected chi connectivity index (χ2v) is 3.31. The minimum absolute atomic E-state index is 0.335. The molecule has 0 aromatic rings. The molecule has 0 amide bonds. The second kappa shape index (κ2) is 3.70. The van der Waals surface area contributed by atoms with Crippen LogP contribution in [0, 0.1) is 5.92 Å². The Balaban J connectivity index is 2.63. The summed E-state index contributed by atoms with van der Waals surface area (Å²) >= 11 is 0. The van der Waals surface area contributed by atoms with Crippen molar-refractivity contribution in [1.82, 2.24) is 0 Å². The fraction of sp³-hybridized carbons (Fsp3) is 1.00. The molecule has 1 rings (SSSR count). The minimum atomic E-state index is -1.16. The van der Waals surface area contributed by atoms with Crippen LogP contribution in [0.5, 0.6) is 0 Å². The average Bonchev–Trinajstić information content (AvgIpc) is 2.08. The molecule has 3 N–H and O–H groups in total. The van der Waals surface area contributed by atoms with Gasteiger partial charge in [-0.1, -0.05) is 13.8 Å². The van der Waals surface area contributed by atoms with E-state index < -0.39 is 18.5 Å². The second-order valence-electron chi connectivity index (χ2n) is 3.31. The van der Waals surface area contributed by atoms with Crippen LogP contribution in [0.25, 0.3) is 0 Å². The van der Waals surface area contributed by atoms with Crippen LogP contribution in [-0.2, 0) is 4.74 Å². The number of aliphatic hydroxyl groups excluding tert-OH is 3. The van der Waals surface area contributed by atoms with Gasteiger partial charge in [-0.3, -0.25) is 0 Å². The van der Waals surface area contributed by atoms with Crippen LogP contribution in [0.1, 0.15) is 20.3 Å². The Morgan fingerprint density at radius 1 is 1.17 bits per heavy atom. The van der Waals surface area contributed by atoms with Crippen LogP contribution in [0.2, 0.25) is 0 Å². The summed E-state index contributed by atoms with van der Waals surface area (Å²) in [7, 11) is 0. The maximum absolute atomic E-state index is 9.53. The SMILES string of the molecule is CC[C@H]1O[C@@H](O)[C@H](O)[C@@H](C)[C@@H]1O. The molecule has 4 heteroatoms. The fourth-order valence-electron chi connectivity index (χ4n) is 1.48. The van der Waals surface area contributed by atoms with Gasteiger partial charge in [0.1, 0.15) is 6.10 Å². The van der Waals surface area contributed by atoms with E-state index in [2.05, 4.69) is 0 Å². The lowest BCUT2D eigenvalue weighted by Gasteiger charge is -2.39. The van der Waals surface area contributed by atoms with Crippen molar-refractivity contribution in [2.75, 3.05) is 0 Å². The first-order chi connectivity index (χ1) is 5.57. The summed E-state index contributed by atoms with van der Waals surface area (Å²) in [5, 5.41) is 28.0. The zero-order valence-electron chi connectivity index (χ0n) is 7.34. The Labute approximate surface area is 71.8 Å². The molecule has 1 fully saturated rings. The van der Waals surface area contributed by atoms with Gasteiger partial charge in [0.25, 0.3) is 0 Å². The Kier molecular flexibility index (Phi) is 3.06. The van der Waals surface area contributed by atoms with Crippen molar-refractivity contribution < 1.29 is 20.1 Å². The van der Waals surface area contributed by atoms with Gasteiger partial charge in [0, 0.05) is 5.92 Å². The van der Waals surface area contributed by atoms with E-state index in [4.69, 9.17) is 4.74 Å². The Bertz CT molecular complexity index is 145. The molecular weight excluding hydrogens is 160 g/mol. The Morgan fingerprint density at radius 2 is 1.75 bits per heavy atom. The van der Waals surface area contributed by atoms with Gasteiger partial charge in [-0.2, -0.15) is 0 Å². The van der Waals surface area contributed by atoms with Crippen molar-refractivity contribution in [3.8, 4) is 0 Å². The zero-order chi connectivity index (χ0) is 9.30. The van der Waals surface area contributed by atoms with Crippen molar-refractivity contribution in [2.45, 2.75) is 44.9 Å². The van der Waals surface area contributed by atoms with E-state index in [1.54, 1.807) is 6.92 Å². The number of hydrogen-bond acceptors (Lipinski definition) is 4. The molecule has 0 saturated carbocycles. The lowest BCUT2D eigenvalue weighted by Crippen LogP contribution is -2.52. The summed E-state index contributed by atoms with van der Waals surface area (Å²) in [6.07, 6.45) is -2.56. The van der Waals surface area contributed by atoms with Gasteiger partial charge in [0.2, 0.25) is 0 Å². The highest BCUT2D eigenvalue weighted by molar-refractivity contribution is 4.85. The van der Waals surface area contributed by atoms with E-state index in [-0.39, 0.29) is 12.0 Å². The lowest BCUT2D eigenvalue weighted by atomic mass is 9.90. The molecule has 72 valence electrons. The predicted molar refractivity (Wildman–Crippen MR) is 42.3 cm³/mol. The third-order valence-corrected chi connectivity index (χ3v) is 2.47. The third-order valence-electron chi connectivity index (χ3n) is 2.47. The van der Waals surface area contributed by atoms with Crippen molar-refractivity contribution in [1.29, 1.82) is 0 Å². The van der Waals surface area contributed by atoms with Gasteiger partial charge in [-0.05, 0) is 6.42 Å². The van der Waals surface area contributed by atoms with Crippen LogP contribution in [0.4, 0.5) is 0 Å². The van der Waals surface area contributed by atoms with E-state index in [1.807, 2.05) is 6.92 Å². The summed E-state index contributed by atoms with van der Waals surface area (Å²) in [4.78, 5) is 0. The average molecular weight is 176 g/mol. The molecule has 1 heterocycles. The van der Waals surface area contributed by atoms with Crippen LogP contribution in [-0.4, -0.2) is 39.9 Å². The third kappa shape index (κ3) is 1.61. The summed E-state index contributed by atoms with van der Waals surface area (Å²) in [6, 6.07) is 0. The van der Waals surface area contributed by atoms with Crippen molar-refractivity contribution in [3.05, 3.63) is 0 Å². The van der Waals surface area contributed by atoms with Gasteiger partial charge in [-0.15, -0.1) is 0 Å². The fourth-order valence-corrected chi connectivity index (χ4v) is 1.48. The molecule has 12 heavy (non-hydrogen) atoms. The van der Waals surface area contributed by atoms with E-state index in [0.29, 0.717) is 6.42 Å². The monoisotopic (exact) mass is 176 g/mol. The van der Waals surface area contributed by atoms with Gasteiger partial charge in [0.15, 0.2) is 6.29 Å². The predicted octanol–water partition coefficient (Wildman–Crippen LogP) is -0.529. The molecule has 0 spiro atoms. The maximum Gasteiger partial charge on any atom is 0.181 e. The van der Waals surface area contributed by atoms with Gasteiger partial charge in [0.05, 0.1) is 12.2 Å². The zero-order valence-corrected chi connectivity index (χ0v) is 7.34. The summed E-state index contributed by atoms with van der Waals surface area (Å²) < 4.78 is 4.99. The highest BCUT2D eigenvalue weighted by atomic mass is 16.6. The number of hydrogen-bond donors (Lipinski definition) is 3. The molecule has 0 unspecified atom stereocenters. The van der Waals surface area contributed by atoms with E-state index >= 15 is 0 Å². The normalized spacial score (nSPS) is 49.2. The highest BCUT2D eigenvalue weighted by Gasteiger charge is 2.40. The quantitative estimate of drug-likeness (QED) is 0.502. The number of ether oxygens (including phenoxy) is 1. The molecule has 4 nitrogen and oxygen atoms in total. The van der Waals surface area contributed by atoms with Gasteiger partial charge >= 0.3 is 0 Å². The molecule has 0 radical (unpaired) electrons. The van der Waals surface area contributed by atoms with Crippen molar-refractivity contribution in [3.63, 3.8) is 0 Å². The summed E-state index contributed by atoms with van der Waals surface area (Å²) in [6.45, 7) is 3.56. The molecular formula is C8H16O4. The topological polar surface area (TPSA) is 69.9 Å². The molecule has 1 saturated heterocycles. The molecule has 0 aliphatic carbocycles.